The van der Waals surface area contributed by atoms with Crippen molar-refractivity contribution in [1.82, 2.24) is 5.32 Å². The standard InChI is InChI=1S/C8H10N2S.ClH/c1-2-7(11-5-1)6-8-9-3-4-10-8;/h1-2,5H,3-4,6H2,(H,9,10);1H. The van der Waals surface area contributed by atoms with Crippen molar-refractivity contribution in [2.45, 2.75) is 6.42 Å². The van der Waals surface area contributed by atoms with Crippen molar-refractivity contribution in [3.63, 3.8) is 0 Å². The molecule has 0 saturated heterocycles. The van der Waals surface area contributed by atoms with E-state index in [4.69, 9.17) is 0 Å². The van der Waals surface area contributed by atoms with Crippen LogP contribution in [-0.4, -0.2) is 18.9 Å². The first kappa shape index (κ1) is 9.55. The zero-order chi connectivity index (χ0) is 7.52. The van der Waals surface area contributed by atoms with Crippen molar-refractivity contribution >= 4 is 29.6 Å². The molecular formula is C8H11ClN2S. The van der Waals surface area contributed by atoms with Gasteiger partial charge in [0.2, 0.25) is 0 Å². The molecule has 12 heavy (non-hydrogen) atoms. The van der Waals surface area contributed by atoms with Crippen LogP contribution in [0.15, 0.2) is 22.5 Å². The van der Waals surface area contributed by atoms with Crippen molar-refractivity contribution in [1.29, 1.82) is 0 Å². The SMILES string of the molecule is Cl.c1csc(CC2=NCCN2)c1. The van der Waals surface area contributed by atoms with Crippen LogP contribution in [0.1, 0.15) is 4.88 Å². The maximum absolute atomic E-state index is 4.32. The van der Waals surface area contributed by atoms with Gasteiger partial charge in [0.25, 0.3) is 0 Å². The Hall–Kier alpha value is -0.540. The van der Waals surface area contributed by atoms with Gasteiger partial charge in [0.05, 0.1) is 6.54 Å². The largest absolute Gasteiger partial charge is 0.372 e. The van der Waals surface area contributed by atoms with Crippen LogP contribution >= 0.6 is 23.7 Å². The van der Waals surface area contributed by atoms with Gasteiger partial charge in [-0.1, -0.05) is 6.07 Å². The number of rotatable bonds is 2. The maximum Gasteiger partial charge on any atom is 0.102 e. The molecule has 1 aromatic rings. The Morgan fingerprint density at radius 1 is 1.58 bits per heavy atom. The summed E-state index contributed by atoms with van der Waals surface area (Å²) in [6.07, 6.45) is 0.984. The lowest BCUT2D eigenvalue weighted by molar-refractivity contribution is 0.954. The second-order valence-electron chi connectivity index (χ2n) is 2.51. The lowest BCUT2D eigenvalue weighted by Crippen LogP contribution is -2.19. The Labute approximate surface area is 82.1 Å². The number of hydrogen-bond acceptors (Lipinski definition) is 3. The molecule has 0 radical (unpaired) electrons. The van der Waals surface area contributed by atoms with Gasteiger partial charge in [-0.05, 0) is 11.4 Å². The van der Waals surface area contributed by atoms with E-state index in [1.807, 2.05) is 0 Å². The monoisotopic (exact) mass is 202 g/mol. The van der Waals surface area contributed by atoms with E-state index in [2.05, 4.69) is 27.8 Å². The highest BCUT2D eigenvalue weighted by atomic mass is 35.5. The van der Waals surface area contributed by atoms with E-state index >= 15 is 0 Å². The second-order valence-corrected chi connectivity index (χ2v) is 3.54. The van der Waals surface area contributed by atoms with E-state index in [1.165, 1.54) is 4.88 Å². The summed E-state index contributed by atoms with van der Waals surface area (Å²) in [5, 5.41) is 5.35. The van der Waals surface area contributed by atoms with Crippen molar-refractivity contribution in [3.8, 4) is 0 Å². The molecule has 1 N–H and O–H groups in total. The molecule has 0 aliphatic carbocycles. The molecule has 4 heteroatoms. The Morgan fingerprint density at radius 2 is 2.50 bits per heavy atom. The average molecular weight is 203 g/mol. The van der Waals surface area contributed by atoms with Crippen molar-refractivity contribution in [2.24, 2.45) is 4.99 Å². The van der Waals surface area contributed by atoms with E-state index in [0.717, 1.165) is 25.3 Å². The lowest BCUT2D eigenvalue weighted by atomic mass is 10.3. The fourth-order valence-electron chi connectivity index (χ4n) is 1.14. The summed E-state index contributed by atoms with van der Waals surface area (Å²) < 4.78 is 0. The Bertz CT molecular complexity index is 256. The average Bonchev–Trinajstić information content (AvgIpc) is 2.60. The first-order valence-corrected chi connectivity index (χ1v) is 4.63. The minimum Gasteiger partial charge on any atom is -0.372 e. The Balaban J connectivity index is 0.000000720. The summed E-state index contributed by atoms with van der Waals surface area (Å²) in [6.45, 7) is 1.96. The van der Waals surface area contributed by atoms with Gasteiger partial charge < -0.3 is 5.32 Å². The number of nitrogens with zero attached hydrogens (tertiary/aromatic N) is 1. The smallest absolute Gasteiger partial charge is 0.102 e. The fraction of sp³-hybridized carbons (Fsp3) is 0.375. The first-order valence-electron chi connectivity index (χ1n) is 3.75. The van der Waals surface area contributed by atoms with Crippen LogP contribution in [0, 0.1) is 0 Å². The molecule has 2 heterocycles. The van der Waals surface area contributed by atoms with Crippen LogP contribution in [0.25, 0.3) is 0 Å². The van der Waals surface area contributed by atoms with Crippen LogP contribution in [0.2, 0.25) is 0 Å². The summed E-state index contributed by atoms with van der Waals surface area (Å²) >= 11 is 1.79. The van der Waals surface area contributed by atoms with Gasteiger partial charge in [-0.3, -0.25) is 4.99 Å². The van der Waals surface area contributed by atoms with E-state index < -0.39 is 0 Å². The van der Waals surface area contributed by atoms with Crippen LogP contribution in [0.4, 0.5) is 0 Å². The quantitative estimate of drug-likeness (QED) is 0.776. The highest BCUT2D eigenvalue weighted by Gasteiger charge is 2.05. The van der Waals surface area contributed by atoms with Gasteiger partial charge in [-0.25, -0.2) is 0 Å². The van der Waals surface area contributed by atoms with Gasteiger partial charge in [0, 0.05) is 17.8 Å². The third kappa shape index (κ3) is 2.22. The maximum atomic E-state index is 4.32. The van der Waals surface area contributed by atoms with Gasteiger partial charge in [-0.2, -0.15) is 0 Å². The molecule has 1 aromatic heterocycles. The minimum absolute atomic E-state index is 0. The summed E-state index contributed by atoms with van der Waals surface area (Å²) in [4.78, 5) is 5.71. The topological polar surface area (TPSA) is 24.4 Å². The van der Waals surface area contributed by atoms with E-state index in [0.29, 0.717) is 0 Å². The number of aliphatic imine (C=N–C) groups is 1. The third-order valence-electron chi connectivity index (χ3n) is 1.67. The molecule has 66 valence electrons. The van der Waals surface area contributed by atoms with Crippen LogP contribution in [0.5, 0.6) is 0 Å². The zero-order valence-corrected chi connectivity index (χ0v) is 8.25. The van der Waals surface area contributed by atoms with Crippen LogP contribution in [-0.2, 0) is 6.42 Å². The Morgan fingerprint density at radius 3 is 3.08 bits per heavy atom. The predicted molar refractivity (Wildman–Crippen MR) is 55.6 cm³/mol. The molecule has 0 bridgehead atoms. The van der Waals surface area contributed by atoms with Crippen molar-refractivity contribution in [3.05, 3.63) is 22.4 Å². The molecule has 0 saturated carbocycles. The molecule has 0 amide bonds. The van der Waals surface area contributed by atoms with Crippen molar-refractivity contribution < 1.29 is 0 Å². The molecule has 1 aliphatic heterocycles. The summed E-state index contributed by atoms with van der Waals surface area (Å²) in [5.41, 5.74) is 0. The van der Waals surface area contributed by atoms with Crippen molar-refractivity contribution in [2.75, 3.05) is 13.1 Å². The Kier molecular flexibility index (Phi) is 3.56. The number of amidine groups is 1. The number of halogens is 1. The molecule has 2 nitrogen and oxygen atoms in total. The normalized spacial score (nSPS) is 14.8. The van der Waals surface area contributed by atoms with Gasteiger partial charge in [0.1, 0.15) is 5.84 Å². The number of thiophene rings is 1. The zero-order valence-electron chi connectivity index (χ0n) is 6.62. The third-order valence-corrected chi connectivity index (χ3v) is 2.54. The summed E-state index contributed by atoms with van der Waals surface area (Å²) in [6, 6.07) is 4.22. The molecule has 0 spiro atoms. The van der Waals surface area contributed by atoms with Gasteiger partial charge >= 0.3 is 0 Å². The second kappa shape index (κ2) is 4.48. The molecule has 2 rings (SSSR count). The number of hydrogen-bond donors (Lipinski definition) is 1. The van der Waals surface area contributed by atoms with E-state index in [-0.39, 0.29) is 12.4 Å². The molecule has 0 fully saturated rings. The van der Waals surface area contributed by atoms with Crippen LogP contribution in [0.3, 0.4) is 0 Å². The van der Waals surface area contributed by atoms with E-state index in [9.17, 15) is 0 Å². The summed E-state index contributed by atoms with van der Waals surface area (Å²) in [5.74, 6) is 1.15. The van der Waals surface area contributed by atoms with Gasteiger partial charge in [0.15, 0.2) is 0 Å². The predicted octanol–water partition coefficient (Wildman–Crippen LogP) is 1.71. The lowest BCUT2D eigenvalue weighted by Gasteiger charge is -1.97. The highest BCUT2D eigenvalue weighted by Crippen LogP contribution is 2.09. The molecule has 0 atom stereocenters. The first-order chi connectivity index (χ1) is 5.45. The summed E-state index contributed by atoms with van der Waals surface area (Å²) in [7, 11) is 0. The molecular weight excluding hydrogens is 192 g/mol. The molecule has 1 aliphatic rings. The minimum atomic E-state index is 0. The van der Waals surface area contributed by atoms with Crippen LogP contribution < -0.4 is 5.32 Å². The van der Waals surface area contributed by atoms with Gasteiger partial charge in [-0.15, -0.1) is 23.7 Å². The molecule has 0 aromatic carbocycles. The molecule has 0 unspecified atom stereocenters. The van der Waals surface area contributed by atoms with E-state index in [1.54, 1.807) is 11.3 Å². The highest BCUT2D eigenvalue weighted by molar-refractivity contribution is 7.10. The fourth-order valence-corrected chi connectivity index (χ4v) is 1.85. The number of nitrogens with one attached hydrogen (secondary N) is 1.